The van der Waals surface area contributed by atoms with Crippen molar-refractivity contribution in [2.75, 3.05) is 26.2 Å². The third-order valence-electron chi connectivity index (χ3n) is 4.57. The molecular weight excluding hydrogens is 339 g/mol. The van der Waals surface area contributed by atoms with E-state index in [1.807, 2.05) is 12.1 Å². The Hall–Kier alpha value is -1.62. The fraction of sp³-hybridized carbons (Fsp3) is 0.400. The summed E-state index contributed by atoms with van der Waals surface area (Å²) in [5, 5.41) is 3.07. The lowest BCUT2D eigenvalue weighted by atomic mass is 9.91. The topological polar surface area (TPSA) is 24.5 Å². The van der Waals surface area contributed by atoms with Gasteiger partial charge in [-0.25, -0.2) is 9.40 Å². The van der Waals surface area contributed by atoms with Crippen LogP contribution in [0.1, 0.15) is 18.4 Å². The van der Waals surface area contributed by atoms with Gasteiger partial charge in [-0.15, -0.1) is 0 Å². The van der Waals surface area contributed by atoms with Crippen LogP contribution in [0.2, 0.25) is 5.02 Å². The van der Waals surface area contributed by atoms with Crippen LogP contribution in [0, 0.1) is 11.7 Å². The van der Waals surface area contributed by atoms with E-state index in [4.69, 9.17) is 16.3 Å². The maximum Gasteiger partial charge on any atom is 0.123 e. The number of nitrogens with one attached hydrogen (secondary N) is 1. The molecule has 1 aliphatic rings. The van der Waals surface area contributed by atoms with Gasteiger partial charge in [-0.05, 0) is 67.1 Å². The molecule has 0 atom stereocenters. The van der Waals surface area contributed by atoms with Crippen LogP contribution in [-0.4, -0.2) is 31.3 Å². The zero-order chi connectivity index (χ0) is 17.5. The van der Waals surface area contributed by atoms with Gasteiger partial charge in [0.1, 0.15) is 18.2 Å². The molecule has 1 fully saturated rings. The van der Waals surface area contributed by atoms with Gasteiger partial charge >= 0.3 is 0 Å². The van der Waals surface area contributed by atoms with E-state index >= 15 is 0 Å². The molecule has 0 unspecified atom stereocenters. The fourth-order valence-electron chi connectivity index (χ4n) is 3.15. The highest BCUT2D eigenvalue weighted by molar-refractivity contribution is 6.30. The van der Waals surface area contributed by atoms with E-state index in [1.165, 1.54) is 30.5 Å². The summed E-state index contributed by atoms with van der Waals surface area (Å²) in [7, 11) is 0. The van der Waals surface area contributed by atoms with Crippen molar-refractivity contribution in [2.24, 2.45) is 5.92 Å². The van der Waals surface area contributed by atoms with Crippen LogP contribution in [0.5, 0.6) is 5.75 Å². The number of hydrazine groups is 1. The Morgan fingerprint density at radius 1 is 1.04 bits per heavy atom. The van der Waals surface area contributed by atoms with Crippen molar-refractivity contribution in [3.8, 4) is 5.75 Å². The smallest absolute Gasteiger partial charge is 0.123 e. The van der Waals surface area contributed by atoms with E-state index in [1.54, 1.807) is 12.1 Å². The maximum atomic E-state index is 12.8. The lowest BCUT2D eigenvalue weighted by molar-refractivity contribution is 0.115. The van der Waals surface area contributed by atoms with Gasteiger partial charge in [-0.2, -0.15) is 0 Å². The second-order valence-corrected chi connectivity index (χ2v) is 6.91. The summed E-state index contributed by atoms with van der Waals surface area (Å²) in [6.45, 7) is 3.42. The SMILES string of the molecule is Fc1ccc(OCCNN2CCC(Cc3ccc(Cl)cc3)CC2)cc1. The van der Waals surface area contributed by atoms with E-state index in [-0.39, 0.29) is 5.82 Å². The molecule has 1 N–H and O–H groups in total. The van der Waals surface area contributed by atoms with Crippen molar-refractivity contribution >= 4 is 11.6 Å². The number of piperidine rings is 1. The number of rotatable bonds is 7. The van der Waals surface area contributed by atoms with Gasteiger partial charge in [-0.1, -0.05) is 23.7 Å². The third-order valence-corrected chi connectivity index (χ3v) is 4.82. The van der Waals surface area contributed by atoms with Gasteiger partial charge in [0, 0.05) is 24.7 Å². The van der Waals surface area contributed by atoms with Crippen molar-refractivity contribution in [2.45, 2.75) is 19.3 Å². The average molecular weight is 363 g/mol. The first-order chi connectivity index (χ1) is 12.2. The van der Waals surface area contributed by atoms with Gasteiger partial charge in [0.05, 0.1) is 0 Å². The summed E-state index contributed by atoms with van der Waals surface area (Å²) in [6, 6.07) is 14.3. The highest BCUT2D eigenvalue weighted by Crippen LogP contribution is 2.21. The summed E-state index contributed by atoms with van der Waals surface area (Å²) in [5.74, 6) is 1.19. The fourth-order valence-corrected chi connectivity index (χ4v) is 3.28. The Bertz CT molecular complexity index is 637. The lowest BCUT2D eigenvalue weighted by Crippen LogP contribution is -2.45. The van der Waals surface area contributed by atoms with E-state index < -0.39 is 0 Å². The van der Waals surface area contributed by atoms with Crippen LogP contribution in [0.25, 0.3) is 0 Å². The number of ether oxygens (including phenoxy) is 1. The second-order valence-electron chi connectivity index (χ2n) is 6.47. The molecule has 0 aliphatic carbocycles. The molecule has 1 heterocycles. The zero-order valence-electron chi connectivity index (χ0n) is 14.3. The number of benzene rings is 2. The normalized spacial score (nSPS) is 16.1. The monoisotopic (exact) mass is 362 g/mol. The quantitative estimate of drug-likeness (QED) is 0.742. The van der Waals surface area contributed by atoms with Gasteiger partial charge in [0.15, 0.2) is 0 Å². The first kappa shape index (κ1) is 18.2. The largest absolute Gasteiger partial charge is 0.492 e. The third kappa shape index (κ3) is 5.99. The molecule has 5 heteroatoms. The van der Waals surface area contributed by atoms with Gasteiger partial charge < -0.3 is 4.74 Å². The molecule has 0 saturated carbocycles. The Balaban J connectivity index is 1.31. The van der Waals surface area contributed by atoms with Gasteiger partial charge in [0.2, 0.25) is 0 Å². The molecule has 0 aromatic heterocycles. The molecule has 0 amide bonds. The van der Waals surface area contributed by atoms with E-state index in [0.29, 0.717) is 12.4 Å². The van der Waals surface area contributed by atoms with Crippen molar-refractivity contribution in [3.63, 3.8) is 0 Å². The van der Waals surface area contributed by atoms with Crippen LogP contribution in [0.15, 0.2) is 48.5 Å². The minimum atomic E-state index is -0.244. The Morgan fingerprint density at radius 3 is 2.40 bits per heavy atom. The summed E-state index contributed by atoms with van der Waals surface area (Å²) in [4.78, 5) is 0. The molecule has 0 bridgehead atoms. The van der Waals surface area contributed by atoms with Gasteiger partial charge in [0.25, 0.3) is 0 Å². The Labute approximate surface area is 153 Å². The molecule has 1 saturated heterocycles. The van der Waals surface area contributed by atoms with Crippen LogP contribution >= 0.6 is 11.6 Å². The standard InChI is InChI=1S/C20H24ClFN2O/c21-18-3-1-16(2-4-18)15-17-9-12-24(13-10-17)23-11-14-25-20-7-5-19(22)6-8-20/h1-8,17,23H,9-15H2. The summed E-state index contributed by atoms with van der Waals surface area (Å²) >= 11 is 5.94. The Morgan fingerprint density at radius 2 is 1.72 bits per heavy atom. The molecule has 0 spiro atoms. The highest BCUT2D eigenvalue weighted by Gasteiger charge is 2.19. The van der Waals surface area contributed by atoms with Crippen molar-refractivity contribution in [3.05, 3.63) is 64.9 Å². The molecule has 1 aliphatic heterocycles. The molecule has 3 nitrogen and oxygen atoms in total. The predicted octanol–water partition coefficient (Wildman–Crippen LogP) is 4.32. The van der Waals surface area contributed by atoms with Crippen molar-refractivity contribution in [1.82, 2.24) is 10.4 Å². The van der Waals surface area contributed by atoms with E-state index in [2.05, 4.69) is 22.6 Å². The lowest BCUT2D eigenvalue weighted by Gasteiger charge is -2.32. The average Bonchev–Trinajstić information content (AvgIpc) is 2.63. The van der Waals surface area contributed by atoms with E-state index in [0.717, 1.165) is 37.0 Å². The zero-order valence-corrected chi connectivity index (χ0v) is 15.0. The Kier molecular flexibility index (Phi) is 6.68. The summed E-state index contributed by atoms with van der Waals surface area (Å²) in [6.07, 6.45) is 3.50. The first-order valence-electron chi connectivity index (χ1n) is 8.80. The second kappa shape index (κ2) is 9.18. The first-order valence-corrected chi connectivity index (χ1v) is 9.18. The molecule has 3 rings (SSSR count). The van der Waals surface area contributed by atoms with Crippen LogP contribution in [0.4, 0.5) is 4.39 Å². The minimum Gasteiger partial charge on any atom is -0.492 e. The number of nitrogens with zero attached hydrogens (tertiary/aromatic N) is 1. The van der Waals surface area contributed by atoms with Crippen molar-refractivity contribution < 1.29 is 9.13 Å². The molecule has 0 radical (unpaired) electrons. The number of halogens is 2. The summed E-state index contributed by atoms with van der Waals surface area (Å²) in [5.41, 5.74) is 4.78. The maximum absolute atomic E-state index is 12.8. The van der Waals surface area contributed by atoms with Gasteiger partial charge in [-0.3, -0.25) is 5.43 Å². The number of hydrogen-bond donors (Lipinski definition) is 1. The number of hydrogen-bond acceptors (Lipinski definition) is 3. The predicted molar refractivity (Wildman–Crippen MR) is 99.4 cm³/mol. The van der Waals surface area contributed by atoms with E-state index in [9.17, 15) is 4.39 Å². The van der Waals surface area contributed by atoms with Crippen LogP contribution in [0.3, 0.4) is 0 Å². The summed E-state index contributed by atoms with van der Waals surface area (Å²) < 4.78 is 18.4. The minimum absolute atomic E-state index is 0.244. The molecule has 2 aromatic carbocycles. The van der Waals surface area contributed by atoms with Crippen LogP contribution < -0.4 is 10.2 Å². The highest BCUT2D eigenvalue weighted by atomic mass is 35.5. The molecule has 2 aromatic rings. The van der Waals surface area contributed by atoms with Crippen molar-refractivity contribution in [1.29, 1.82) is 0 Å². The van der Waals surface area contributed by atoms with Crippen LogP contribution in [-0.2, 0) is 6.42 Å². The molecule has 25 heavy (non-hydrogen) atoms. The molecule has 134 valence electrons. The molecular formula is C20H24ClFN2O.